The Bertz CT molecular complexity index is 265. The summed E-state index contributed by atoms with van der Waals surface area (Å²) in [7, 11) is 0. The van der Waals surface area contributed by atoms with Crippen molar-refractivity contribution in [2.45, 2.75) is 13.3 Å². The SMILES string of the molecule is CSC1=CC2CC1C(CO)=C2C. The van der Waals surface area contributed by atoms with Crippen LogP contribution in [-0.4, -0.2) is 18.0 Å². The predicted octanol–water partition coefficient (Wildman–Crippen LogP) is 2.19. The van der Waals surface area contributed by atoms with Crippen LogP contribution in [0, 0.1) is 11.8 Å². The summed E-state index contributed by atoms with van der Waals surface area (Å²) in [6, 6.07) is 0. The van der Waals surface area contributed by atoms with Gasteiger partial charge in [0.1, 0.15) is 0 Å². The summed E-state index contributed by atoms with van der Waals surface area (Å²) >= 11 is 1.83. The number of aliphatic hydroxyl groups excluding tert-OH is 1. The zero-order valence-corrected chi connectivity index (χ0v) is 8.32. The van der Waals surface area contributed by atoms with E-state index in [0.717, 1.165) is 0 Å². The number of aliphatic hydroxyl groups is 1. The number of thioether (sulfide) groups is 1. The molecule has 0 amide bonds. The van der Waals surface area contributed by atoms with Gasteiger partial charge in [-0.25, -0.2) is 0 Å². The van der Waals surface area contributed by atoms with E-state index in [2.05, 4.69) is 19.3 Å². The van der Waals surface area contributed by atoms with Crippen molar-refractivity contribution in [3.05, 3.63) is 22.1 Å². The van der Waals surface area contributed by atoms with Gasteiger partial charge in [0, 0.05) is 5.92 Å². The van der Waals surface area contributed by atoms with Crippen molar-refractivity contribution >= 4 is 11.8 Å². The molecule has 0 heterocycles. The lowest BCUT2D eigenvalue weighted by Gasteiger charge is -2.15. The third kappa shape index (κ3) is 0.979. The summed E-state index contributed by atoms with van der Waals surface area (Å²) in [6.07, 6.45) is 5.71. The third-order valence-electron chi connectivity index (χ3n) is 3.09. The molecule has 0 saturated heterocycles. The first-order valence-corrected chi connectivity index (χ1v) is 5.56. The molecule has 2 unspecified atom stereocenters. The molecule has 66 valence electrons. The van der Waals surface area contributed by atoms with Crippen LogP contribution < -0.4 is 0 Å². The first-order valence-electron chi connectivity index (χ1n) is 4.34. The molecule has 0 aromatic rings. The lowest BCUT2D eigenvalue weighted by atomic mass is 9.99. The highest BCUT2D eigenvalue weighted by Crippen LogP contribution is 2.50. The van der Waals surface area contributed by atoms with E-state index in [-0.39, 0.29) is 6.61 Å². The van der Waals surface area contributed by atoms with Crippen LogP contribution in [0.1, 0.15) is 13.3 Å². The third-order valence-corrected chi connectivity index (χ3v) is 3.98. The summed E-state index contributed by atoms with van der Waals surface area (Å²) < 4.78 is 0. The Balaban J connectivity index is 2.28. The maximum Gasteiger partial charge on any atom is 0.0650 e. The Morgan fingerprint density at radius 1 is 1.67 bits per heavy atom. The Labute approximate surface area is 77.6 Å². The predicted molar refractivity (Wildman–Crippen MR) is 53.0 cm³/mol. The number of allylic oxidation sites excluding steroid dienone is 3. The Hall–Kier alpha value is -0.210. The van der Waals surface area contributed by atoms with Crippen LogP contribution >= 0.6 is 11.8 Å². The molecule has 0 aromatic heterocycles. The Kier molecular flexibility index (Phi) is 2.05. The quantitative estimate of drug-likeness (QED) is 0.661. The monoisotopic (exact) mass is 182 g/mol. The standard InChI is InChI=1S/C10H14OS/c1-6-7-3-8(9(6)5-11)10(4-7)12-2/h4,7-8,11H,3,5H2,1-2H3. The molecule has 2 bridgehead atoms. The molecule has 2 aliphatic rings. The maximum atomic E-state index is 9.18. The molecule has 0 aromatic carbocycles. The smallest absolute Gasteiger partial charge is 0.0650 e. The summed E-state index contributed by atoms with van der Waals surface area (Å²) in [4.78, 5) is 1.47. The van der Waals surface area contributed by atoms with Gasteiger partial charge in [0.05, 0.1) is 6.61 Å². The molecule has 0 spiro atoms. The van der Waals surface area contributed by atoms with Crippen LogP contribution in [0.2, 0.25) is 0 Å². The van der Waals surface area contributed by atoms with Gasteiger partial charge in [0.2, 0.25) is 0 Å². The maximum absolute atomic E-state index is 9.18. The summed E-state index contributed by atoms with van der Waals surface area (Å²) in [5.41, 5.74) is 2.70. The lowest BCUT2D eigenvalue weighted by molar-refractivity contribution is 0.321. The fourth-order valence-corrected chi connectivity index (χ4v) is 3.15. The van der Waals surface area contributed by atoms with Gasteiger partial charge in [-0.15, -0.1) is 11.8 Å². The molecule has 0 fully saturated rings. The molecule has 0 saturated carbocycles. The van der Waals surface area contributed by atoms with E-state index in [1.165, 1.54) is 22.5 Å². The van der Waals surface area contributed by atoms with Crippen molar-refractivity contribution < 1.29 is 5.11 Å². The van der Waals surface area contributed by atoms with E-state index in [0.29, 0.717) is 11.8 Å². The molecule has 2 aliphatic carbocycles. The van der Waals surface area contributed by atoms with Crippen molar-refractivity contribution in [2.24, 2.45) is 11.8 Å². The van der Waals surface area contributed by atoms with Crippen molar-refractivity contribution in [3.63, 3.8) is 0 Å². The van der Waals surface area contributed by atoms with Crippen LogP contribution in [0.25, 0.3) is 0 Å². The van der Waals surface area contributed by atoms with Crippen molar-refractivity contribution in [3.8, 4) is 0 Å². The zero-order chi connectivity index (χ0) is 8.72. The van der Waals surface area contributed by atoms with Crippen molar-refractivity contribution in [1.82, 2.24) is 0 Å². The van der Waals surface area contributed by atoms with E-state index in [9.17, 15) is 5.11 Å². The minimum absolute atomic E-state index is 0.255. The average Bonchev–Trinajstić information content (AvgIpc) is 2.61. The second kappa shape index (κ2) is 2.93. The fraction of sp³-hybridized carbons (Fsp3) is 0.600. The van der Waals surface area contributed by atoms with Crippen LogP contribution in [0.15, 0.2) is 22.1 Å². The second-order valence-corrected chi connectivity index (χ2v) is 4.41. The van der Waals surface area contributed by atoms with Crippen LogP contribution in [0.3, 0.4) is 0 Å². The van der Waals surface area contributed by atoms with Crippen molar-refractivity contribution in [2.75, 3.05) is 12.9 Å². The molecule has 0 aliphatic heterocycles. The normalized spacial score (nSPS) is 33.1. The average molecular weight is 182 g/mol. The van der Waals surface area contributed by atoms with Gasteiger partial charge in [0.15, 0.2) is 0 Å². The van der Waals surface area contributed by atoms with Crippen LogP contribution in [0.5, 0.6) is 0 Å². The molecular weight excluding hydrogens is 168 g/mol. The molecule has 0 radical (unpaired) electrons. The number of hydrogen-bond donors (Lipinski definition) is 1. The largest absolute Gasteiger partial charge is 0.392 e. The minimum Gasteiger partial charge on any atom is -0.392 e. The molecule has 2 rings (SSSR count). The minimum atomic E-state index is 0.255. The van der Waals surface area contributed by atoms with E-state index in [1.807, 2.05) is 11.8 Å². The highest BCUT2D eigenvalue weighted by atomic mass is 32.2. The van der Waals surface area contributed by atoms with E-state index in [1.54, 1.807) is 0 Å². The zero-order valence-electron chi connectivity index (χ0n) is 7.50. The lowest BCUT2D eigenvalue weighted by Crippen LogP contribution is -2.04. The molecule has 2 heteroatoms. The number of fused-ring (bicyclic) bond motifs is 2. The molecule has 2 atom stereocenters. The second-order valence-electron chi connectivity index (χ2n) is 3.53. The fourth-order valence-electron chi connectivity index (χ4n) is 2.33. The number of rotatable bonds is 2. The summed E-state index contributed by atoms with van der Waals surface area (Å²) in [5, 5.41) is 9.18. The highest BCUT2D eigenvalue weighted by Gasteiger charge is 2.37. The van der Waals surface area contributed by atoms with Gasteiger partial charge in [-0.05, 0) is 36.0 Å². The van der Waals surface area contributed by atoms with Crippen LogP contribution in [-0.2, 0) is 0 Å². The molecule has 1 nitrogen and oxygen atoms in total. The van der Waals surface area contributed by atoms with Crippen molar-refractivity contribution in [1.29, 1.82) is 0 Å². The Morgan fingerprint density at radius 3 is 2.92 bits per heavy atom. The van der Waals surface area contributed by atoms with Crippen LogP contribution in [0.4, 0.5) is 0 Å². The highest BCUT2D eigenvalue weighted by molar-refractivity contribution is 8.02. The summed E-state index contributed by atoms with van der Waals surface area (Å²) in [5.74, 6) is 1.20. The molecular formula is C10H14OS. The number of hydrogen-bond acceptors (Lipinski definition) is 2. The first-order chi connectivity index (χ1) is 5.77. The first kappa shape index (κ1) is 8.39. The van der Waals surface area contributed by atoms with Gasteiger partial charge >= 0.3 is 0 Å². The van der Waals surface area contributed by atoms with Gasteiger partial charge in [0.25, 0.3) is 0 Å². The van der Waals surface area contributed by atoms with Gasteiger partial charge in [-0.3, -0.25) is 0 Å². The van der Waals surface area contributed by atoms with E-state index < -0.39 is 0 Å². The van der Waals surface area contributed by atoms with Gasteiger partial charge in [-0.1, -0.05) is 11.6 Å². The van der Waals surface area contributed by atoms with E-state index in [4.69, 9.17) is 0 Å². The van der Waals surface area contributed by atoms with E-state index >= 15 is 0 Å². The Morgan fingerprint density at radius 2 is 2.42 bits per heavy atom. The van der Waals surface area contributed by atoms with Gasteiger partial charge in [-0.2, -0.15) is 0 Å². The molecule has 12 heavy (non-hydrogen) atoms. The topological polar surface area (TPSA) is 20.2 Å². The van der Waals surface area contributed by atoms with Gasteiger partial charge < -0.3 is 5.11 Å². The molecule has 1 N–H and O–H groups in total. The summed E-state index contributed by atoms with van der Waals surface area (Å²) in [6.45, 7) is 2.41.